The van der Waals surface area contributed by atoms with E-state index in [4.69, 9.17) is 9.47 Å². The van der Waals surface area contributed by atoms with Gasteiger partial charge in [0.25, 0.3) is 0 Å². The summed E-state index contributed by atoms with van der Waals surface area (Å²) in [6, 6.07) is 7.57. The van der Waals surface area contributed by atoms with Crippen molar-refractivity contribution in [1.29, 1.82) is 0 Å². The molecule has 0 unspecified atom stereocenters. The Morgan fingerprint density at radius 2 is 1.86 bits per heavy atom. The number of carbonyl (C=O) groups excluding carboxylic acids is 1. The number of benzene rings is 1. The molecule has 114 valence electrons. The minimum Gasteiger partial charge on any atom is -0.497 e. The van der Waals surface area contributed by atoms with Crippen molar-refractivity contribution >= 4 is 5.97 Å². The van der Waals surface area contributed by atoms with Gasteiger partial charge in [-0.25, -0.2) is 0 Å². The van der Waals surface area contributed by atoms with Gasteiger partial charge in [-0.1, -0.05) is 37.6 Å². The Kier molecular flexibility index (Phi) is 4.40. The highest BCUT2D eigenvalue weighted by molar-refractivity contribution is 5.78. The van der Waals surface area contributed by atoms with E-state index in [2.05, 4.69) is 33.8 Å². The third kappa shape index (κ3) is 3.46. The lowest BCUT2D eigenvalue weighted by Crippen LogP contribution is -2.10. The topological polar surface area (TPSA) is 35.5 Å². The van der Waals surface area contributed by atoms with Crippen LogP contribution in [0.15, 0.2) is 35.9 Å². The average Bonchev–Trinajstić information content (AvgIpc) is 2.97. The second kappa shape index (κ2) is 5.92. The van der Waals surface area contributed by atoms with Crippen LogP contribution in [0.1, 0.15) is 33.3 Å². The summed E-state index contributed by atoms with van der Waals surface area (Å²) in [7, 11) is 1.63. The lowest BCUT2D eigenvalue weighted by molar-refractivity contribution is -0.147. The third-order valence-electron chi connectivity index (χ3n) is 4.22. The molecule has 0 bridgehead atoms. The molecule has 1 saturated carbocycles. The second-order valence-corrected chi connectivity index (χ2v) is 6.52. The molecule has 1 fully saturated rings. The summed E-state index contributed by atoms with van der Waals surface area (Å²) >= 11 is 0. The van der Waals surface area contributed by atoms with Crippen LogP contribution in [0.2, 0.25) is 0 Å². The molecule has 0 aromatic heterocycles. The fourth-order valence-corrected chi connectivity index (χ4v) is 2.76. The Hall–Kier alpha value is -1.77. The molecule has 21 heavy (non-hydrogen) atoms. The summed E-state index contributed by atoms with van der Waals surface area (Å²) in [6.45, 7) is 8.69. The molecule has 0 N–H and O–H groups in total. The van der Waals surface area contributed by atoms with Crippen LogP contribution in [0, 0.1) is 17.3 Å². The van der Waals surface area contributed by atoms with Gasteiger partial charge in [0.15, 0.2) is 0 Å². The number of hydrogen-bond acceptors (Lipinski definition) is 3. The van der Waals surface area contributed by atoms with Crippen molar-refractivity contribution in [3.05, 3.63) is 41.5 Å². The van der Waals surface area contributed by atoms with Crippen molar-refractivity contribution in [3.8, 4) is 5.75 Å². The van der Waals surface area contributed by atoms with E-state index >= 15 is 0 Å². The van der Waals surface area contributed by atoms with E-state index in [0.717, 1.165) is 11.3 Å². The highest BCUT2D eigenvalue weighted by Gasteiger charge is 2.61. The van der Waals surface area contributed by atoms with Crippen LogP contribution in [0.3, 0.4) is 0 Å². The minimum absolute atomic E-state index is 0.00820. The number of hydrogen-bond donors (Lipinski definition) is 0. The van der Waals surface area contributed by atoms with Crippen LogP contribution < -0.4 is 4.74 Å². The third-order valence-corrected chi connectivity index (χ3v) is 4.22. The van der Waals surface area contributed by atoms with Crippen molar-refractivity contribution in [3.63, 3.8) is 0 Å². The predicted molar refractivity (Wildman–Crippen MR) is 83.0 cm³/mol. The maximum Gasteiger partial charge on any atom is 0.310 e. The van der Waals surface area contributed by atoms with E-state index in [-0.39, 0.29) is 17.3 Å². The zero-order valence-electron chi connectivity index (χ0n) is 13.5. The fourth-order valence-electron chi connectivity index (χ4n) is 2.76. The van der Waals surface area contributed by atoms with Crippen LogP contribution in [0.25, 0.3) is 0 Å². The quantitative estimate of drug-likeness (QED) is 0.607. The predicted octanol–water partition coefficient (Wildman–Crippen LogP) is 3.98. The Balaban J connectivity index is 1.92. The Bertz CT molecular complexity index is 536. The number of methoxy groups -OCH3 is 1. The van der Waals surface area contributed by atoms with Gasteiger partial charge in [0, 0.05) is 0 Å². The van der Waals surface area contributed by atoms with Crippen LogP contribution in [-0.2, 0) is 16.1 Å². The van der Waals surface area contributed by atoms with E-state index in [1.165, 1.54) is 5.57 Å². The zero-order chi connectivity index (χ0) is 15.6. The van der Waals surface area contributed by atoms with Gasteiger partial charge >= 0.3 is 5.97 Å². The summed E-state index contributed by atoms with van der Waals surface area (Å²) in [6.07, 6.45) is 2.18. The van der Waals surface area contributed by atoms with Crippen LogP contribution in [-0.4, -0.2) is 13.1 Å². The Morgan fingerprint density at radius 3 is 2.38 bits per heavy atom. The van der Waals surface area contributed by atoms with Crippen molar-refractivity contribution < 1.29 is 14.3 Å². The molecule has 0 heterocycles. The molecule has 0 aliphatic heterocycles. The first-order valence-corrected chi connectivity index (χ1v) is 7.31. The summed E-state index contributed by atoms with van der Waals surface area (Å²) in [4.78, 5) is 12.2. The maximum atomic E-state index is 12.2. The Labute approximate surface area is 127 Å². The van der Waals surface area contributed by atoms with Crippen molar-refractivity contribution in [2.75, 3.05) is 7.11 Å². The van der Waals surface area contributed by atoms with Crippen molar-refractivity contribution in [2.24, 2.45) is 17.3 Å². The molecule has 2 atom stereocenters. The molecule has 0 saturated heterocycles. The number of ether oxygens (including phenoxy) is 2. The molecule has 1 aliphatic carbocycles. The lowest BCUT2D eigenvalue weighted by Gasteiger charge is -2.06. The van der Waals surface area contributed by atoms with E-state index in [0.29, 0.717) is 12.5 Å². The molecule has 1 aromatic carbocycles. The average molecular weight is 288 g/mol. The van der Waals surface area contributed by atoms with Crippen LogP contribution in [0.5, 0.6) is 5.75 Å². The molecule has 3 nitrogen and oxygen atoms in total. The number of carbonyl (C=O) groups is 1. The van der Waals surface area contributed by atoms with Crippen LogP contribution >= 0.6 is 0 Å². The first kappa shape index (κ1) is 15.6. The van der Waals surface area contributed by atoms with Crippen molar-refractivity contribution in [2.45, 2.75) is 34.3 Å². The summed E-state index contributed by atoms with van der Waals surface area (Å²) in [5.74, 6) is 0.979. The number of rotatable bonds is 5. The summed E-state index contributed by atoms with van der Waals surface area (Å²) in [5, 5.41) is 0. The minimum atomic E-state index is -0.0988. The largest absolute Gasteiger partial charge is 0.497 e. The van der Waals surface area contributed by atoms with Gasteiger partial charge in [-0.15, -0.1) is 0 Å². The number of allylic oxidation sites excluding steroid dienone is 2. The molecule has 0 spiro atoms. The highest BCUT2D eigenvalue weighted by atomic mass is 16.5. The van der Waals surface area contributed by atoms with Crippen LogP contribution in [0.4, 0.5) is 0 Å². The standard InChI is InChI=1S/C18H24O3/c1-12(2)10-15-16(18(15,3)4)17(19)21-11-13-6-8-14(20-5)9-7-13/h6-10,15-16H,11H2,1-5H3/t15-,16-/m0/s1. The zero-order valence-corrected chi connectivity index (χ0v) is 13.5. The highest BCUT2D eigenvalue weighted by Crippen LogP contribution is 2.59. The first-order chi connectivity index (χ1) is 9.86. The molecular formula is C18H24O3. The summed E-state index contributed by atoms with van der Waals surface area (Å²) in [5.41, 5.74) is 2.23. The van der Waals surface area contributed by atoms with Gasteiger partial charge in [0.2, 0.25) is 0 Å². The molecular weight excluding hydrogens is 264 g/mol. The van der Waals surface area contributed by atoms with Gasteiger partial charge in [-0.3, -0.25) is 4.79 Å². The Morgan fingerprint density at radius 1 is 1.24 bits per heavy atom. The van der Waals surface area contributed by atoms with E-state index in [1.807, 2.05) is 24.3 Å². The van der Waals surface area contributed by atoms with Gasteiger partial charge in [-0.2, -0.15) is 0 Å². The smallest absolute Gasteiger partial charge is 0.310 e. The van der Waals surface area contributed by atoms with Gasteiger partial charge in [-0.05, 0) is 42.9 Å². The molecule has 3 heteroatoms. The second-order valence-electron chi connectivity index (χ2n) is 6.52. The van der Waals surface area contributed by atoms with E-state index < -0.39 is 0 Å². The molecule has 1 aromatic rings. The molecule has 2 rings (SSSR count). The van der Waals surface area contributed by atoms with E-state index in [9.17, 15) is 4.79 Å². The van der Waals surface area contributed by atoms with Gasteiger partial charge < -0.3 is 9.47 Å². The molecule has 0 radical (unpaired) electrons. The maximum absolute atomic E-state index is 12.2. The van der Waals surface area contributed by atoms with Crippen molar-refractivity contribution in [1.82, 2.24) is 0 Å². The van der Waals surface area contributed by atoms with Gasteiger partial charge in [0.05, 0.1) is 13.0 Å². The van der Waals surface area contributed by atoms with Gasteiger partial charge in [0.1, 0.15) is 12.4 Å². The number of esters is 1. The lowest BCUT2D eigenvalue weighted by atomic mass is 10.1. The monoisotopic (exact) mass is 288 g/mol. The normalized spacial score (nSPS) is 22.3. The summed E-state index contributed by atoms with van der Waals surface area (Å²) < 4.78 is 10.6. The SMILES string of the molecule is COc1ccc(COC(=O)[C@@H]2[C@H](C=C(C)C)C2(C)C)cc1. The molecule has 0 amide bonds. The molecule has 1 aliphatic rings. The van der Waals surface area contributed by atoms with E-state index in [1.54, 1.807) is 7.11 Å². The first-order valence-electron chi connectivity index (χ1n) is 7.31. The fraction of sp³-hybridized carbons (Fsp3) is 0.500.